The number of aromatic amines is 1. The first-order valence-electron chi connectivity index (χ1n) is 5.98. The van der Waals surface area contributed by atoms with Gasteiger partial charge in [-0.2, -0.15) is 4.98 Å². The molecule has 0 atom stereocenters. The molecule has 2 aromatic heterocycles. The van der Waals surface area contributed by atoms with E-state index in [4.69, 9.17) is 11.6 Å². The molecule has 0 saturated heterocycles. The van der Waals surface area contributed by atoms with Gasteiger partial charge >= 0.3 is 0 Å². The van der Waals surface area contributed by atoms with Gasteiger partial charge in [-0.25, -0.2) is 9.50 Å². The summed E-state index contributed by atoms with van der Waals surface area (Å²) in [7, 11) is 0. The van der Waals surface area contributed by atoms with Gasteiger partial charge in [0.2, 0.25) is 0 Å². The number of hydrogen-bond donors (Lipinski definition) is 1. The quantitative estimate of drug-likeness (QED) is 0.793. The van der Waals surface area contributed by atoms with Crippen LogP contribution in [0, 0.1) is 6.92 Å². The monoisotopic (exact) mass is 338 g/mol. The second-order valence-electron chi connectivity index (χ2n) is 4.39. The maximum Gasteiger partial charge on any atom is 0.251 e. The average molecular weight is 340 g/mol. The molecule has 0 fully saturated rings. The zero-order valence-electron chi connectivity index (χ0n) is 10.3. The minimum absolute atomic E-state index is 0.693. The molecule has 98 valence electrons. The maximum atomic E-state index is 6.14. The smallest absolute Gasteiger partial charge is 0.251 e. The number of aromatic nitrogens is 4. The fourth-order valence-corrected chi connectivity index (χ4v) is 2.58. The normalized spacial score (nSPS) is 11.3. The number of H-pyrrole nitrogens is 1. The second-order valence-corrected chi connectivity index (χ2v) is 5.54. The molecule has 0 bridgehead atoms. The molecule has 0 aliphatic rings. The fraction of sp³-hybridized carbons (Fsp3) is 0.231. The van der Waals surface area contributed by atoms with E-state index in [1.807, 2.05) is 35.7 Å². The number of nitrogens with zero attached hydrogens (tertiary/aromatic N) is 3. The van der Waals surface area contributed by atoms with Crippen molar-refractivity contribution in [3.63, 3.8) is 0 Å². The van der Waals surface area contributed by atoms with Crippen LogP contribution in [0.15, 0.2) is 28.9 Å². The molecule has 0 amide bonds. The standard InChI is InChI=1S/C13H12BrClN4/c1-8-12(14)19-13(16-8)17-11(18-19)7-6-9-4-2-3-5-10(9)15/h2-5H,6-7H2,1H3,(H,16,17,18). The molecule has 0 unspecified atom stereocenters. The highest BCUT2D eigenvalue weighted by molar-refractivity contribution is 9.10. The molecule has 1 N–H and O–H groups in total. The third-order valence-electron chi connectivity index (χ3n) is 3.03. The zero-order chi connectivity index (χ0) is 13.4. The van der Waals surface area contributed by atoms with Gasteiger partial charge in [0.15, 0.2) is 0 Å². The van der Waals surface area contributed by atoms with Crippen molar-refractivity contribution in [1.29, 1.82) is 0 Å². The van der Waals surface area contributed by atoms with Crippen LogP contribution in [0.3, 0.4) is 0 Å². The molecule has 3 aromatic rings. The Morgan fingerprint density at radius 3 is 2.79 bits per heavy atom. The Bertz CT molecular complexity index is 731. The Morgan fingerprint density at radius 2 is 2.05 bits per heavy atom. The molecule has 0 aliphatic heterocycles. The van der Waals surface area contributed by atoms with Crippen LogP contribution < -0.4 is 0 Å². The Labute approximate surface area is 123 Å². The highest BCUT2D eigenvalue weighted by Crippen LogP contribution is 2.19. The van der Waals surface area contributed by atoms with Gasteiger partial charge in [0.1, 0.15) is 10.4 Å². The lowest BCUT2D eigenvalue weighted by atomic mass is 10.1. The van der Waals surface area contributed by atoms with E-state index in [-0.39, 0.29) is 0 Å². The fourth-order valence-electron chi connectivity index (χ4n) is 2.01. The van der Waals surface area contributed by atoms with Crippen molar-refractivity contribution in [2.24, 2.45) is 0 Å². The predicted molar refractivity (Wildman–Crippen MR) is 78.6 cm³/mol. The SMILES string of the molecule is Cc1nc2nc(CCc3ccccc3Cl)[nH]n2c1Br. The van der Waals surface area contributed by atoms with E-state index in [9.17, 15) is 0 Å². The summed E-state index contributed by atoms with van der Waals surface area (Å²) >= 11 is 9.62. The number of benzene rings is 1. The maximum absolute atomic E-state index is 6.14. The molecule has 0 spiro atoms. The minimum Gasteiger partial charge on any atom is -0.277 e. The number of halogens is 2. The van der Waals surface area contributed by atoms with Crippen LogP contribution in [0.25, 0.3) is 5.78 Å². The lowest BCUT2D eigenvalue weighted by molar-refractivity contribution is 0.830. The first-order valence-corrected chi connectivity index (χ1v) is 7.15. The van der Waals surface area contributed by atoms with E-state index in [1.165, 1.54) is 0 Å². The van der Waals surface area contributed by atoms with E-state index in [2.05, 4.69) is 31.0 Å². The lowest BCUT2D eigenvalue weighted by Gasteiger charge is -2.01. The van der Waals surface area contributed by atoms with Gasteiger partial charge in [0, 0.05) is 11.4 Å². The summed E-state index contributed by atoms with van der Waals surface area (Å²) in [6.07, 6.45) is 1.66. The van der Waals surface area contributed by atoms with Crippen LogP contribution in [0.4, 0.5) is 0 Å². The Hall–Kier alpha value is -1.33. The molecular formula is C13H12BrClN4. The summed E-state index contributed by atoms with van der Waals surface area (Å²) in [5.74, 6) is 1.60. The van der Waals surface area contributed by atoms with Gasteiger partial charge in [-0.3, -0.25) is 5.10 Å². The van der Waals surface area contributed by atoms with E-state index in [0.717, 1.165) is 39.5 Å². The molecule has 0 radical (unpaired) electrons. The predicted octanol–water partition coefficient (Wildman–Crippen LogP) is 3.57. The third-order valence-corrected chi connectivity index (χ3v) is 4.32. The molecule has 4 nitrogen and oxygen atoms in total. The number of fused-ring (bicyclic) bond motifs is 1. The Balaban J connectivity index is 1.81. The van der Waals surface area contributed by atoms with E-state index in [1.54, 1.807) is 0 Å². The zero-order valence-corrected chi connectivity index (χ0v) is 12.7. The molecular weight excluding hydrogens is 328 g/mol. The average Bonchev–Trinajstić information content (AvgIpc) is 2.90. The van der Waals surface area contributed by atoms with Crippen molar-refractivity contribution >= 4 is 33.3 Å². The molecule has 0 aliphatic carbocycles. The van der Waals surface area contributed by atoms with Crippen LogP contribution >= 0.6 is 27.5 Å². The van der Waals surface area contributed by atoms with Crippen molar-refractivity contribution in [3.05, 3.63) is 51.0 Å². The summed E-state index contributed by atoms with van der Waals surface area (Å²) in [6, 6.07) is 7.88. The summed E-state index contributed by atoms with van der Waals surface area (Å²) in [4.78, 5) is 8.82. The van der Waals surface area contributed by atoms with Gasteiger partial charge in [0.05, 0.1) is 5.69 Å². The summed E-state index contributed by atoms with van der Waals surface area (Å²) in [5, 5.41) is 4.03. The number of rotatable bonds is 3. The second kappa shape index (κ2) is 4.98. The molecule has 1 aromatic carbocycles. The van der Waals surface area contributed by atoms with Crippen molar-refractivity contribution in [2.75, 3.05) is 0 Å². The van der Waals surface area contributed by atoms with E-state index < -0.39 is 0 Å². The third kappa shape index (κ3) is 2.40. The highest BCUT2D eigenvalue weighted by atomic mass is 79.9. The molecule has 6 heteroatoms. The lowest BCUT2D eigenvalue weighted by Crippen LogP contribution is -1.95. The van der Waals surface area contributed by atoms with Gasteiger partial charge < -0.3 is 0 Å². The highest BCUT2D eigenvalue weighted by Gasteiger charge is 2.11. The van der Waals surface area contributed by atoms with Gasteiger partial charge in [-0.15, -0.1) is 0 Å². The summed E-state index contributed by atoms with van der Waals surface area (Å²) < 4.78 is 2.76. The van der Waals surface area contributed by atoms with Crippen LogP contribution in [0.5, 0.6) is 0 Å². The molecule has 3 rings (SSSR count). The Kier molecular flexibility index (Phi) is 3.33. The van der Waals surface area contributed by atoms with Crippen molar-refractivity contribution in [1.82, 2.24) is 19.6 Å². The van der Waals surface area contributed by atoms with Crippen molar-refractivity contribution in [2.45, 2.75) is 19.8 Å². The number of nitrogens with one attached hydrogen (secondary N) is 1. The molecule has 2 heterocycles. The largest absolute Gasteiger partial charge is 0.277 e. The number of imidazole rings is 1. The van der Waals surface area contributed by atoms with Crippen molar-refractivity contribution in [3.8, 4) is 0 Å². The van der Waals surface area contributed by atoms with E-state index in [0.29, 0.717) is 5.78 Å². The van der Waals surface area contributed by atoms with Crippen LogP contribution in [0.1, 0.15) is 17.1 Å². The summed E-state index contributed by atoms with van der Waals surface area (Å²) in [5.41, 5.74) is 2.06. The van der Waals surface area contributed by atoms with Crippen molar-refractivity contribution < 1.29 is 0 Å². The Morgan fingerprint density at radius 1 is 1.26 bits per heavy atom. The number of hydrogen-bond acceptors (Lipinski definition) is 2. The first kappa shape index (κ1) is 12.7. The van der Waals surface area contributed by atoms with Crippen LogP contribution in [-0.2, 0) is 12.8 Å². The minimum atomic E-state index is 0.693. The van der Waals surface area contributed by atoms with Crippen LogP contribution in [0.2, 0.25) is 5.02 Å². The van der Waals surface area contributed by atoms with E-state index >= 15 is 0 Å². The topological polar surface area (TPSA) is 46.0 Å². The van der Waals surface area contributed by atoms with Gasteiger partial charge in [-0.1, -0.05) is 29.8 Å². The van der Waals surface area contributed by atoms with Gasteiger partial charge in [-0.05, 0) is 40.9 Å². The van der Waals surface area contributed by atoms with Gasteiger partial charge in [0.25, 0.3) is 5.78 Å². The summed E-state index contributed by atoms with van der Waals surface area (Å²) in [6.45, 7) is 1.94. The molecule has 19 heavy (non-hydrogen) atoms. The van der Waals surface area contributed by atoms with Crippen LogP contribution in [-0.4, -0.2) is 19.6 Å². The first-order chi connectivity index (χ1) is 9.15. The number of aryl methyl sites for hydroxylation is 3. The molecule has 0 saturated carbocycles.